The van der Waals surface area contributed by atoms with E-state index in [0.717, 1.165) is 0 Å². The van der Waals surface area contributed by atoms with Gasteiger partial charge in [0.2, 0.25) is 0 Å². The summed E-state index contributed by atoms with van der Waals surface area (Å²) in [5, 5.41) is 4.70. The zero-order chi connectivity index (χ0) is 16.4. The number of ether oxygens (including phenoxy) is 1. The van der Waals surface area contributed by atoms with Gasteiger partial charge in [0.1, 0.15) is 0 Å². The van der Waals surface area contributed by atoms with Crippen molar-refractivity contribution in [3.63, 3.8) is 0 Å². The van der Waals surface area contributed by atoms with Crippen LogP contribution in [0.2, 0.25) is 15.1 Å². The fraction of sp³-hybridized carbons (Fsp3) is 0. The van der Waals surface area contributed by atoms with E-state index in [9.17, 15) is 4.79 Å². The summed E-state index contributed by atoms with van der Waals surface area (Å²) in [6, 6.07) is 7.88. The number of hydrogen-bond acceptors (Lipinski definition) is 4. The van der Waals surface area contributed by atoms with Crippen LogP contribution in [-0.4, -0.2) is 20.7 Å². The van der Waals surface area contributed by atoms with Crippen molar-refractivity contribution in [3.05, 3.63) is 69.6 Å². The summed E-state index contributed by atoms with van der Waals surface area (Å²) in [6.07, 6.45) is 4.76. The minimum absolute atomic E-state index is 0.0545. The molecule has 0 aliphatic carbocycles. The minimum atomic E-state index is -0.629. The number of nitrogens with zero attached hydrogens (tertiary/aromatic N) is 3. The average Bonchev–Trinajstić information content (AvgIpc) is 3.05. The van der Waals surface area contributed by atoms with Gasteiger partial charge in [0.05, 0.1) is 15.6 Å². The molecular weight excluding hydrogens is 361 g/mol. The highest BCUT2D eigenvalue weighted by Gasteiger charge is 2.16. The molecule has 0 saturated heterocycles. The smallest absolute Gasteiger partial charge is 0.345 e. The van der Waals surface area contributed by atoms with Crippen LogP contribution >= 0.6 is 34.8 Å². The third-order valence-electron chi connectivity index (χ3n) is 2.88. The highest BCUT2D eigenvalue weighted by molar-refractivity contribution is 6.40. The molecule has 116 valence electrons. The molecule has 2 heterocycles. The average molecular weight is 369 g/mol. The van der Waals surface area contributed by atoms with Crippen LogP contribution in [-0.2, 0) is 0 Å². The Bertz CT molecular complexity index is 826. The molecule has 23 heavy (non-hydrogen) atoms. The predicted molar refractivity (Wildman–Crippen MR) is 87.8 cm³/mol. The maximum Gasteiger partial charge on any atom is 0.345 e. The number of aromatic nitrogens is 3. The Labute approximate surface area is 146 Å². The lowest BCUT2D eigenvalue weighted by Crippen LogP contribution is -2.10. The fourth-order valence-corrected chi connectivity index (χ4v) is 2.72. The van der Waals surface area contributed by atoms with Gasteiger partial charge in [0.15, 0.2) is 11.6 Å². The summed E-state index contributed by atoms with van der Waals surface area (Å²) >= 11 is 17.8. The maximum absolute atomic E-state index is 12.2. The molecule has 0 fully saturated rings. The van der Waals surface area contributed by atoms with Gasteiger partial charge < -0.3 is 4.74 Å². The van der Waals surface area contributed by atoms with Crippen molar-refractivity contribution in [2.75, 3.05) is 0 Å². The van der Waals surface area contributed by atoms with Gasteiger partial charge in [-0.05, 0) is 30.3 Å². The first-order valence-electron chi connectivity index (χ1n) is 6.37. The molecule has 2 aromatic heterocycles. The van der Waals surface area contributed by atoms with Gasteiger partial charge in [0.25, 0.3) is 0 Å². The van der Waals surface area contributed by atoms with Gasteiger partial charge in [0, 0.05) is 23.6 Å². The van der Waals surface area contributed by atoms with Gasteiger partial charge in [-0.25, -0.2) is 14.5 Å². The molecule has 0 saturated carbocycles. The number of carbonyl (C=O) groups excluding carboxylic acids is 1. The van der Waals surface area contributed by atoms with Crippen molar-refractivity contribution in [1.29, 1.82) is 0 Å². The van der Waals surface area contributed by atoms with Crippen LogP contribution in [0.1, 0.15) is 10.4 Å². The molecular formula is C15H8Cl3N3O2. The first-order valence-corrected chi connectivity index (χ1v) is 7.51. The molecule has 0 atom stereocenters. The normalized spacial score (nSPS) is 10.6. The molecule has 0 radical (unpaired) electrons. The summed E-state index contributed by atoms with van der Waals surface area (Å²) < 4.78 is 6.80. The van der Waals surface area contributed by atoms with Gasteiger partial charge in [-0.3, -0.25) is 0 Å². The van der Waals surface area contributed by atoms with Crippen LogP contribution in [0.4, 0.5) is 0 Å². The Hall–Kier alpha value is -2.08. The van der Waals surface area contributed by atoms with Crippen LogP contribution in [0.25, 0.3) is 5.82 Å². The van der Waals surface area contributed by atoms with Crippen LogP contribution in [0.5, 0.6) is 5.75 Å². The molecule has 0 N–H and O–H groups in total. The summed E-state index contributed by atoms with van der Waals surface area (Å²) in [7, 11) is 0. The summed E-state index contributed by atoms with van der Waals surface area (Å²) in [5.74, 6) is 0.00336. The quantitative estimate of drug-likeness (QED) is 0.506. The first-order chi connectivity index (χ1) is 11.0. The van der Waals surface area contributed by atoms with Gasteiger partial charge in [-0.2, -0.15) is 5.10 Å². The Morgan fingerprint density at radius 2 is 1.87 bits per heavy atom. The highest BCUT2D eigenvalue weighted by atomic mass is 35.5. The number of pyridine rings is 1. The van der Waals surface area contributed by atoms with Crippen LogP contribution in [0.3, 0.4) is 0 Å². The third kappa shape index (κ3) is 3.47. The number of esters is 1. The van der Waals surface area contributed by atoms with E-state index < -0.39 is 5.97 Å². The number of benzene rings is 1. The monoisotopic (exact) mass is 367 g/mol. The van der Waals surface area contributed by atoms with Crippen molar-refractivity contribution < 1.29 is 9.53 Å². The molecule has 0 amide bonds. The second kappa shape index (κ2) is 6.58. The van der Waals surface area contributed by atoms with E-state index in [1.54, 1.807) is 35.3 Å². The Balaban J connectivity index is 1.81. The molecule has 8 heteroatoms. The van der Waals surface area contributed by atoms with E-state index in [2.05, 4.69) is 10.1 Å². The molecule has 0 unspecified atom stereocenters. The van der Waals surface area contributed by atoms with Crippen LogP contribution < -0.4 is 4.74 Å². The van der Waals surface area contributed by atoms with E-state index in [1.165, 1.54) is 18.3 Å². The van der Waals surface area contributed by atoms with E-state index in [-0.39, 0.29) is 21.4 Å². The molecule has 0 aliphatic rings. The number of hydrogen-bond donors (Lipinski definition) is 0. The lowest BCUT2D eigenvalue weighted by Gasteiger charge is -2.09. The standard InChI is InChI=1S/C15H8Cl3N3O2/c16-10-6-11(17)14(12(18)7-10)23-15(22)9-2-3-13(19-8-9)21-5-1-4-20-21/h1-8H. The SMILES string of the molecule is O=C(Oc1c(Cl)cc(Cl)cc1Cl)c1ccc(-n2cccn2)nc1. The number of halogens is 3. The number of carbonyl (C=O) groups is 1. The fourth-order valence-electron chi connectivity index (χ4n) is 1.82. The maximum atomic E-state index is 12.2. The van der Waals surface area contributed by atoms with Gasteiger partial charge in [-0.15, -0.1) is 0 Å². The van der Waals surface area contributed by atoms with Crippen molar-refractivity contribution in [1.82, 2.24) is 14.8 Å². The zero-order valence-corrected chi connectivity index (χ0v) is 13.7. The third-order valence-corrected chi connectivity index (χ3v) is 3.66. The largest absolute Gasteiger partial charge is 0.420 e. The molecule has 3 rings (SSSR count). The van der Waals surface area contributed by atoms with Gasteiger partial charge in [-0.1, -0.05) is 34.8 Å². The van der Waals surface area contributed by atoms with E-state index in [0.29, 0.717) is 10.8 Å². The van der Waals surface area contributed by atoms with Crippen molar-refractivity contribution in [3.8, 4) is 11.6 Å². The van der Waals surface area contributed by atoms with Crippen LogP contribution in [0, 0.1) is 0 Å². The van der Waals surface area contributed by atoms with E-state index >= 15 is 0 Å². The summed E-state index contributed by atoms with van der Waals surface area (Å²) in [4.78, 5) is 16.3. The second-order valence-electron chi connectivity index (χ2n) is 4.44. The molecule has 0 aliphatic heterocycles. The summed E-state index contributed by atoms with van der Waals surface area (Å²) in [6.45, 7) is 0. The molecule has 5 nitrogen and oxygen atoms in total. The molecule has 3 aromatic rings. The van der Waals surface area contributed by atoms with Crippen LogP contribution in [0.15, 0.2) is 48.9 Å². The Morgan fingerprint density at radius 1 is 1.13 bits per heavy atom. The topological polar surface area (TPSA) is 57.0 Å². The predicted octanol–water partition coefficient (Wildman–Crippen LogP) is 4.45. The molecule has 0 bridgehead atoms. The van der Waals surface area contributed by atoms with Gasteiger partial charge >= 0.3 is 5.97 Å². The molecule has 0 spiro atoms. The number of rotatable bonds is 3. The van der Waals surface area contributed by atoms with Crippen molar-refractivity contribution in [2.24, 2.45) is 0 Å². The van der Waals surface area contributed by atoms with Crippen molar-refractivity contribution >= 4 is 40.8 Å². The van der Waals surface area contributed by atoms with E-state index in [4.69, 9.17) is 39.5 Å². The Morgan fingerprint density at radius 3 is 2.43 bits per heavy atom. The minimum Gasteiger partial charge on any atom is -0.420 e. The lowest BCUT2D eigenvalue weighted by atomic mass is 10.3. The Kier molecular flexibility index (Phi) is 4.52. The van der Waals surface area contributed by atoms with Crippen molar-refractivity contribution in [2.45, 2.75) is 0 Å². The molecule has 1 aromatic carbocycles. The second-order valence-corrected chi connectivity index (χ2v) is 5.69. The van der Waals surface area contributed by atoms with E-state index in [1.807, 2.05) is 0 Å². The highest BCUT2D eigenvalue weighted by Crippen LogP contribution is 2.36. The first kappa shape index (κ1) is 15.8. The lowest BCUT2D eigenvalue weighted by molar-refractivity contribution is 0.0734. The zero-order valence-electron chi connectivity index (χ0n) is 11.4. The summed E-state index contributed by atoms with van der Waals surface area (Å²) in [5.41, 5.74) is 0.253.